The minimum absolute atomic E-state index is 0.125. The van der Waals surface area contributed by atoms with Gasteiger partial charge >= 0.3 is 11.9 Å². The first-order valence-corrected chi connectivity index (χ1v) is 20.4. The summed E-state index contributed by atoms with van der Waals surface area (Å²) in [6, 6.07) is 0. The van der Waals surface area contributed by atoms with Crippen LogP contribution < -0.4 is 0 Å². The van der Waals surface area contributed by atoms with Crippen LogP contribution in [0.1, 0.15) is 181 Å². The highest BCUT2D eigenvalue weighted by Gasteiger charge is 2.12. The zero-order valence-electron chi connectivity index (χ0n) is 32.1. The van der Waals surface area contributed by atoms with Gasteiger partial charge in [0.25, 0.3) is 0 Å². The van der Waals surface area contributed by atoms with Gasteiger partial charge in [-0.3, -0.25) is 9.59 Å². The summed E-state index contributed by atoms with van der Waals surface area (Å²) in [7, 11) is 0. The minimum atomic E-state index is -1.05. The molecule has 0 aromatic rings. The quantitative estimate of drug-likeness (QED) is 0.0257. The third kappa shape index (κ3) is 37.0. The molecule has 0 aromatic carbocycles. The van der Waals surface area contributed by atoms with E-state index in [1.807, 2.05) is 6.08 Å². The van der Waals surface area contributed by atoms with Gasteiger partial charge in [0, 0.05) is 12.8 Å². The lowest BCUT2D eigenvalue weighted by Crippen LogP contribution is -2.25. The summed E-state index contributed by atoms with van der Waals surface area (Å²) in [5, 5.41) is 30.1. The van der Waals surface area contributed by atoms with Crippen molar-refractivity contribution in [3.63, 3.8) is 0 Å². The molecule has 7 nitrogen and oxygen atoms in total. The first-order valence-electron chi connectivity index (χ1n) is 20.4. The Balaban J connectivity index is 3.67. The van der Waals surface area contributed by atoms with Crippen LogP contribution in [-0.4, -0.2) is 58.8 Å². The Labute approximate surface area is 306 Å². The highest BCUT2D eigenvalue weighted by Crippen LogP contribution is 2.14. The van der Waals surface area contributed by atoms with Crippen molar-refractivity contribution in [3.8, 4) is 0 Å². The molecule has 50 heavy (non-hydrogen) atoms. The second kappa shape index (κ2) is 38.0. The molecule has 3 N–H and O–H groups in total. The first kappa shape index (κ1) is 47.8. The largest absolute Gasteiger partial charge is 0.463 e. The molecule has 0 saturated carbocycles. The van der Waals surface area contributed by atoms with E-state index < -0.39 is 24.3 Å². The molecule has 290 valence electrons. The molecule has 0 bridgehead atoms. The average molecular weight is 705 g/mol. The van der Waals surface area contributed by atoms with E-state index in [2.05, 4.69) is 19.9 Å². The third-order valence-corrected chi connectivity index (χ3v) is 8.76. The van der Waals surface area contributed by atoms with Crippen LogP contribution in [0.5, 0.6) is 0 Å². The molecule has 0 unspecified atom stereocenters. The second-order valence-corrected chi connectivity index (χ2v) is 13.8. The summed E-state index contributed by atoms with van der Waals surface area (Å²) < 4.78 is 10.2. The Kier molecular flexibility index (Phi) is 36.3. The zero-order valence-corrected chi connectivity index (χ0v) is 32.1. The summed E-state index contributed by atoms with van der Waals surface area (Å²) in [6.07, 6.45) is 40.9. The fourth-order valence-corrected chi connectivity index (χ4v) is 5.57. The van der Waals surface area contributed by atoms with E-state index in [0.29, 0.717) is 25.7 Å². The van der Waals surface area contributed by atoms with E-state index in [1.54, 1.807) is 36.5 Å². The number of aliphatic hydroxyl groups excluding tert-OH is 3. The average Bonchev–Trinajstić information content (AvgIpc) is 3.10. The lowest BCUT2D eigenvalue weighted by molar-refractivity contribution is -0.152. The topological polar surface area (TPSA) is 113 Å². The molecule has 3 atom stereocenters. The van der Waals surface area contributed by atoms with Gasteiger partial charge in [-0.2, -0.15) is 0 Å². The summed E-state index contributed by atoms with van der Waals surface area (Å²) >= 11 is 0. The monoisotopic (exact) mass is 705 g/mol. The number of unbranched alkanes of at least 4 members (excludes halogenated alkanes) is 19. The fourth-order valence-electron chi connectivity index (χ4n) is 5.57. The van der Waals surface area contributed by atoms with Gasteiger partial charge in [-0.15, -0.1) is 0 Å². The Morgan fingerprint density at radius 2 is 0.920 bits per heavy atom. The second-order valence-electron chi connectivity index (χ2n) is 13.8. The van der Waals surface area contributed by atoms with Crippen LogP contribution in [0.3, 0.4) is 0 Å². The molecular weight excluding hydrogens is 628 g/mol. The summed E-state index contributed by atoms with van der Waals surface area (Å²) in [6.45, 7) is 4.04. The van der Waals surface area contributed by atoms with Crippen molar-refractivity contribution in [3.05, 3.63) is 48.6 Å². The number of allylic oxidation sites excluding steroid dienone is 5. The Bertz CT molecular complexity index is 878. The Morgan fingerprint density at radius 3 is 1.42 bits per heavy atom. The van der Waals surface area contributed by atoms with Crippen LogP contribution in [-0.2, 0) is 19.1 Å². The molecule has 0 fully saturated rings. The fraction of sp³-hybridized carbons (Fsp3) is 0.767. The highest BCUT2D eigenvalue weighted by atomic mass is 16.6. The van der Waals surface area contributed by atoms with E-state index in [9.17, 15) is 24.9 Å². The lowest BCUT2D eigenvalue weighted by atomic mass is 10.0. The van der Waals surface area contributed by atoms with Crippen LogP contribution in [0, 0.1) is 0 Å². The maximum atomic E-state index is 12.0. The van der Waals surface area contributed by atoms with Gasteiger partial charge in [0.15, 0.2) is 0 Å². The van der Waals surface area contributed by atoms with Crippen molar-refractivity contribution in [2.75, 3.05) is 13.2 Å². The maximum absolute atomic E-state index is 12.0. The van der Waals surface area contributed by atoms with Crippen LogP contribution in [0.15, 0.2) is 48.6 Å². The smallest absolute Gasteiger partial charge is 0.305 e. The van der Waals surface area contributed by atoms with Gasteiger partial charge in [-0.1, -0.05) is 178 Å². The van der Waals surface area contributed by atoms with Crippen molar-refractivity contribution in [1.29, 1.82) is 0 Å². The molecule has 0 heterocycles. The molecule has 0 spiro atoms. The number of carbonyl (C=O) groups excluding carboxylic acids is 2. The van der Waals surface area contributed by atoms with Crippen molar-refractivity contribution in [2.24, 2.45) is 0 Å². The molecular formula is C43H76O7. The van der Waals surface area contributed by atoms with E-state index in [0.717, 1.165) is 25.7 Å². The zero-order chi connectivity index (χ0) is 36.8. The number of rotatable bonds is 36. The van der Waals surface area contributed by atoms with Gasteiger partial charge in [0.1, 0.15) is 19.3 Å². The minimum Gasteiger partial charge on any atom is -0.463 e. The third-order valence-electron chi connectivity index (χ3n) is 8.76. The van der Waals surface area contributed by atoms with Crippen molar-refractivity contribution in [1.82, 2.24) is 0 Å². The van der Waals surface area contributed by atoms with Gasteiger partial charge in [-0.05, 0) is 38.5 Å². The predicted molar refractivity (Wildman–Crippen MR) is 208 cm³/mol. The predicted octanol–water partition coefficient (Wildman–Crippen LogP) is 10.6. The molecule has 0 aromatic heterocycles. The number of ether oxygens (including phenoxy) is 2. The number of hydrogen-bond acceptors (Lipinski definition) is 7. The lowest BCUT2D eigenvalue weighted by Gasteiger charge is -2.12. The number of hydrogen-bond donors (Lipinski definition) is 3. The number of aliphatic hydroxyl groups is 3. The standard InChI is InChI=1S/C43H76O7/c1-3-5-7-9-11-12-13-14-15-16-17-18-19-20-21-23-29-35-42(47)49-37-41(46)38-50-43(48)36-30-34-40(45)33-28-25-24-27-32-39(44)31-26-22-10-8-6-4-2/h22,24-28,32-33,39-41,44-46H,3-21,23,29-31,34-38H2,1-2H3/b25-24+,26-22-,32-27+,33-28-/t39-,40-,41-/m1/s1. The van der Waals surface area contributed by atoms with E-state index >= 15 is 0 Å². The van der Waals surface area contributed by atoms with Crippen LogP contribution >= 0.6 is 0 Å². The van der Waals surface area contributed by atoms with Crippen LogP contribution in [0.25, 0.3) is 0 Å². The van der Waals surface area contributed by atoms with Crippen LogP contribution in [0.2, 0.25) is 0 Å². The molecule has 0 saturated heterocycles. The van der Waals surface area contributed by atoms with E-state index in [1.165, 1.54) is 109 Å². The molecule has 0 amide bonds. The Morgan fingerprint density at radius 1 is 0.500 bits per heavy atom. The summed E-state index contributed by atoms with van der Waals surface area (Å²) in [4.78, 5) is 24.0. The SMILES string of the molecule is CCCCC/C=C\C[C@@H](O)/C=C/C=C/C=C\[C@@H](O)CCCC(=O)OC[C@H](O)COC(=O)CCCCCCCCCCCCCCCCCCC. The Hall–Kier alpha value is -2.22. The van der Waals surface area contributed by atoms with Gasteiger partial charge < -0.3 is 24.8 Å². The number of esters is 2. The summed E-state index contributed by atoms with van der Waals surface area (Å²) in [5.41, 5.74) is 0. The van der Waals surface area contributed by atoms with Crippen molar-refractivity contribution >= 4 is 11.9 Å². The molecule has 7 heteroatoms. The highest BCUT2D eigenvalue weighted by molar-refractivity contribution is 5.69. The van der Waals surface area contributed by atoms with Gasteiger partial charge in [-0.25, -0.2) is 0 Å². The van der Waals surface area contributed by atoms with Crippen LogP contribution in [0.4, 0.5) is 0 Å². The summed E-state index contributed by atoms with van der Waals surface area (Å²) in [5.74, 6) is -0.794. The van der Waals surface area contributed by atoms with Gasteiger partial charge in [0.2, 0.25) is 0 Å². The molecule has 0 aliphatic carbocycles. The van der Waals surface area contributed by atoms with E-state index in [4.69, 9.17) is 9.47 Å². The normalized spacial score (nSPS) is 13.9. The molecule has 0 rings (SSSR count). The van der Waals surface area contributed by atoms with Gasteiger partial charge in [0.05, 0.1) is 12.2 Å². The molecule has 0 aliphatic rings. The first-order chi connectivity index (χ1) is 24.4. The molecule has 0 aliphatic heterocycles. The van der Waals surface area contributed by atoms with Crippen molar-refractivity contribution < 1.29 is 34.4 Å². The van der Waals surface area contributed by atoms with Crippen molar-refractivity contribution in [2.45, 2.75) is 199 Å². The number of carbonyl (C=O) groups is 2. The van der Waals surface area contributed by atoms with E-state index in [-0.39, 0.29) is 25.6 Å². The maximum Gasteiger partial charge on any atom is 0.305 e. The molecule has 0 radical (unpaired) electrons.